The first-order valence-corrected chi connectivity index (χ1v) is 8.89. The second-order valence-electron chi connectivity index (χ2n) is 5.29. The van der Waals surface area contributed by atoms with E-state index in [-0.39, 0.29) is 16.8 Å². The van der Waals surface area contributed by atoms with E-state index in [0.717, 1.165) is 24.8 Å². The van der Waals surface area contributed by atoms with Gasteiger partial charge in [-0.2, -0.15) is 0 Å². The van der Waals surface area contributed by atoms with Gasteiger partial charge in [0.1, 0.15) is 10.8 Å². The Morgan fingerprint density at radius 2 is 2.17 bits per heavy atom. The number of nitrogens with one attached hydrogen (secondary N) is 2. The zero-order valence-corrected chi connectivity index (χ0v) is 15.2. The molecule has 5 nitrogen and oxygen atoms in total. The minimum atomic E-state index is -0.370. The SMILES string of the molecule is COC(=O)c1c(NC(=S)Nc2cc(Cl)ccc2O)sc2c1CCC2. The summed E-state index contributed by atoms with van der Waals surface area (Å²) in [6, 6.07) is 4.63. The number of ether oxygens (including phenoxy) is 1. The molecule has 0 unspecified atom stereocenters. The monoisotopic (exact) mass is 382 g/mol. The van der Waals surface area contributed by atoms with Gasteiger partial charge < -0.3 is 20.5 Å². The highest BCUT2D eigenvalue weighted by Crippen LogP contribution is 2.39. The molecule has 8 heteroatoms. The zero-order valence-electron chi connectivity index (χ0n) is 12.8. The summed E-state index contributed by atoms with van der Waals surface area (Å²) in [6.45, 7) is 0. The fourth-order valence-electron chi connectivity index (χ4n) is 2.68. The Labute approximate surface area is 153 Å². The lowest BCUT2D eigenvalue weighted by Gasteiger charge is -2.12. The van der Waals surface area contributed by atoms with Crippen LogP contribution in [0.5, 0.6) is 5.75 Å². The number of hydrogen-bond donors (Lipinski definition) is 3. The minimum Gasteiger partial charge on any atom is -0.506 e. The molecule has 0 saturated carbocycles. The summed E-state index contributed by atoms with van der Waals surface area (Å²) >= 11 is 12.7. The number of phenolic OH excluding ortho intramolecular Hbond substituents is 1. The number of aryl methyl sites for hydroxylation is 1. The van der Waals surface area contributed by atoms with Crippen LogP contribution in [0.3, 0.4) is 0 Å². The van der Waals surface area contributed by atoms with Crippen molar-refractivity contribution in [2.75, 3.05) is 17.7 Å². The van der Waals surface area contributed by atoms with Crippen molar-refractivity contribution < 1.29 is 14.6 Å². The van der Waals surface area contributed by atoms with Crippen LogP contribution in [-0.2, 0) is 17.6 Å². The lowest BCUT2D eigenvalue weighted by atomic mass is 10.1. The van der Waals surface area contributed by atoms with Gasteiger partial charge in [0.25, 0.3) is 0 Å². The fourth-order valence-corrected chi connectivity index (χ4v) is 4.41. The lowest BCUT2D eigenvalue weighted by Crippen LogP contribution is -2.20. The van der Waals surface area contributed by atoms with Gasteiger partial charge in [-0.1, -0.05) is 11.6 Å². The molecule has 1 heterocycles. The van der Waals surface area contributed by atoms with Gasteiger partial charge in [0, 0.05) is 9.90 Å². The van der Waals surface area contributed by atoms with Gasteiger partial charge in [-0.15, -0.1) is 11.3 Å². The number of thiophene rings is 1. The average Bonchev–Trinajstić information content (AvgIpc) is 3.10. The molecule has 0 atom stereocenters. The summed E-state index contributed by atoms with van der Waals surface area (Å²) in [6.07, 6.45) is 2.87. The Kier molecular flexibility index (Phi) is 4.93. The van der Waals surface area contributed by atoms with E-state index in [1.54, 1.807) is 12.1 Å². The van der Waals surface area contributed by atoms with Crippen LogP contribution in [0.25, 0.3) is 0 Å². The van der Waals surface area contributed by atoms with Crippen molar-refractivity contribution in [3.05, 3.63) is 39.2 Å². The van der Waals surface area contributed by atoms with Crippen molar-refractivity contribution in [1.29, 1.82) is 0 Å². The molecule has 3 N–H and O–H groups in total. The lowest BCUT2D eigenvalue weighted by molar-refractivity contribution is 0.0601. The average molecular weight is 383 g/mol. The second-order valence-corrected chi connectivity index (χ2v) is 7.24. The molecule has 1 aromatic heterocycles. The molecule has 0 radical (unpaired) electrons. The topological polar surface area (TPSA) is 70.6 Å². The molecule has 126 valence electrons. The third kappa shape index (κ3) is 3.33. The van der Waals surface area contributed by atoms with E-state index in [0.29, 0.717) is 21.3 Å². The van der Waals surface area contributed by atoms with E-state index in [9.17, 15) is 9.90 Å². The predicted molar refractivity (Wildman–Crippen MR) is 101 cm³/mol. The molecule has 2 aromatic rings. The number of hydrogen-bond acceptors (Lipinski definition) is 5. The third-order valence-corrected chi connectivity index (χ3v) is 5.39. The number of benzene rings is 1. The predicted octanol–water partition coefficient (Wildman–Crippen LogP) is 4.19. The molecule has 24 heavy (non-hydrogen) atoms. The highest BCUT2D eigenvalue weighted by atomic mass is 35.5. The van der Waals surface area contributed by atoms with Gasteiger partial charge >= 0.3 is 5.97 Å². The molecule has 1 aliphatic rings. The summed E-state index contributed by atoms with van der Waals surface area (Å²) < 4.78 is 4.90. The molecule has 0 bridgehead atoms. The Hall–Kier alpha value is -1.83. The van der Waals surface area contributed by atoms with Crippen molar-refractivity contribution in [1.82, 2.24) is 0 Å². The summed E-state index contributed by atoms with van der Waals surface area (Å²) in [4.78, 5) is 13.3. The first kappa shape index (κ1) is 17.0. The van der Waals surface area contributed by atoms with Gasteiger partial charge in [0.05, 0.1) is 18.4 Å². The Balaban J connectivity index is 1.82. The van der Waals surface area contributed by atoms with E-state index in [4.69, 9.17) is 28.6 Å². The third-order valence-electron chi connectivity index (χ3n) is 3.74. The zero-order chi connectivity index (χ0) is 17.3. The number of aromatic hydroxyl groups is 1. The first-order chi connectivity index (χ1) is 11.5. The van der Waals surface area contributed by atoms with Crippen LogP contribution in [-0.4, -0.2) is 23.3 Å². The van der Waals surface area contributed by atoms with E-state index >= 15 is 0 Å². The van der Waals surface area contributed by atoms with Crippen LogP contribution >= 0.6 is 35.2 Å². The fraction of sp³-hybridized carbons (Fsp3) is 0.250. The number of phenols is 1. The summed E-state index contributed by atoms with van der Waals surface area (Å²) in [7, 11) is 1.37. The standard InChI is InChI=1S/C16H15ClN2O3S2/c1-22-15(21)13-9-3-2-4-12(9)24-14(13)19-16(23)18-10-7-8(17)5-6-11(10)20/h5-7,20H,2-4H2,1H3,(H2,18,19,23). The van der Waals surface area contributed by atoms with E-state index in [2.05, 4.69) is 10.6 Å². The number of esters is 1. The molecular formula is C16H15ClN2O3S2. The molecule has 0 spiro atoms. The Bertz CT molecular complexity index is 820. The smallest absolute Gasteiger partial charge is 0.341 e. The number of rotatable bonds is 3. The molecule has 1 aliphatic carbocycles. The van der Waals surface area contributed by atoms with E-state index < -0.39 is 0 Å². The number of anilines is 2. The van der Waals surface area contributed by atoms with Gasteiger partial charge in [-0.05, 0) is 55.2 Å². The van der Waals surface area contributed by atoms with Crippen molar-refractivity contribution in [3.63, 3.8) is 0 Å². The van der Waals surface area contributed by atoms with Crippen molar-refractivity contribution in [2.24, 2.45) is 0 Å². The van der Waals surface area contributed by atoms with Crippen LogP contribution in [0, 0.1) is 0 Å². The van der Waals surface area contributed by atoms with Crippen LogP contribution in [0.1, 0.15) is 27.2 Å². The number of carbonyl (C=O) groups is 1. The molecule has 0 aliphatic heterocycles. The number of fused-ring (bicyclic) bond motifs is 1. The minimum absolute atomic E-state index is 0.0328. The quantitative estimate of drug-likeness (QED) is 0.420. The molecule has 0 fully saturated rings. The maximum atomic E-state index is 12.1. The van der Waals surface area contributed by atoms with Gasteiger partial charge in [-0.3, -0.25) is 0 Å². The molecule has 0 amide bonds. The molecule has 0 saturated heterocycles. The maximum absolute atomic E-state index is 12.1. The Morgan fingerprint density at radius 1 is 1.38 bits per heavy atom. The number of carbonyl (C=O) groups excluding carboxylic acids is 1. The first-order valence-electron chi connectivity index (χ1n) is 7.29. The van der Waals surface area contributed by atoms with Gasteiger partial charge in [-0.25, -0.2) is 4.79 Å². The normalized spacial score (nSPS) is 12.6. The van der Waals surface area contributed by atoms with E-state index in [1.807, 2.05) is 0 Å². The van der Waals surface area contributed by atoms with Crippen LogP contribution < -0.4 is 10.6 Å². The van der Waals surface area contributed by atoms with Crippen molar-refractivity contribution in [2.45, 2.75) is 19.3 Å². The number of halogens is 1. The second kappa shape index (κ2) is 6.96. The summed E-state index contributed by atoms with van der Waals surface area (Å²) in [5.74, 6) is -0.337. The van der Waals surface area contributed by atoms with E-state index in [1.165, 1.54) is 29.4 Å². The van der Waals surface area contributed by atoms with Crippen molar-refractivity contribution >= 4 is 56.9 Å². The van der Waals surface area contributed by atoms with Crippen molar-refractivity contribution in [3.8, 4) is 5.75 Å². The maximum Gasteiger partial charge on any atom is 0.341 e. The van der Waals surface area contributed by atoms with Crippen LogP contribution in [0.4, 0.5) is 10.7 Å². The molecule has 1 aromatic carbocycles. The number of thiocarbonyl (C=S) groups is 1. The number of methoxy groups -OCH3 is 1. The Morgan fingerprint density at radius 3 is 2.92 bits per heavy atom. The molecular weight excluding hydrogens is 368 g/mol. The summed E-state index contributed by atoms with van der Waals surface area (Å²) in [5.41, 5.74) is 1.99. The van der Waals surface area contributed by atoms with Gasteiger partial charge in [0.15, 0.2) is 5.11 Å². The van der Waals surface area contributed by atoms with Crippen LogP contribution in [0.15, 0.2) is 18.2 Å². The largest absolute Gasteiger partial charge is 0.506 e. The van der Waals surface area contributed by atoms with Crippen LogP contribution in [0.2, 0.25) is 5.02 Å². The highest BCUT2D eigenvalue weighted by Gasteiger charge is 2.27. The highest BCUT2D eigenvalue weighted by molar-refractivity contribution is 7.80. The molecule has 3 rings (SSSR count). The van der Waals surface area contributed by atoms with Gasteiger partial charge in [0.2, 0.25) is 0 Å². The summed E-state index contributed by atoms with van der Waals surface area (Å²) in [5, 5.41) is 17.2.